The van der Waals surface area contributed by atoms with E-state index in [9.17, 15) is 0 Å². The zero-order valence-electron chi connectivity index (χ0n) is 10.0. The van der Waals surface area contributed by atoms with Gasteiger partial charge in [0.1, 0.15) is 0 Å². The van der Waals surface area contributed by atoms with Gasteiger partial charge >= 0.3 is 0 Å². The first-order valence-corrected chi connectivity index (χ1v) is 9.04. The minimum absolute atomic E-state index is 0.701. The van der Waals surface area contributed by atoms with Crippen molar-refractivity contribution in [1.29, 1.82) is 0 Å². The number of nitrogens with two attached hydrogens (primary N) is 1. The molecular formula is C12H22N2Si. The molecule has 1 aromatic carbocycles. The van der Waals surface area contributed by atoms with E-state index in [1.165, 1.54) is 10.8 Å². The first-order chi connectivity index (χ1) is 7.04. The van der Waals surface area contributed by atoms with Crippen LogP contribution < -0.4 is 16.2 Å². The van der Waals surface area contributed by atoms with Gasteiger partial charge in [0.05, 0.1) is 8.07 Å². The topological polar surface area (TPSA) is 38.0 Å². The summed E-state index contributed by atoms with van der Waals surface area (Å²) in [7, 11) is -1.13. The zero-order chi connectivity index (χ0) is 11.3. The van der Waals surface area contributed by atoms with E-state index in [0.29, 0.717) is 6.54 Å². The minimum Gasteiger partial charge on any atom is -0.329 e. The quantitative estimate of drug-likeness (QED) is 0.582. The average molecular weight is 222 g/mol. The smallest absolute Gasteiger partial charge is 0.0775 e. The summed E-state index contributed by atoms with van der Waals surface area (Å²) in [5, 5.41) is 4.81. The zero-order valence-corrected chi connectivity index (χ0v) is 11.0. The van der Waals surface area contributed by atoms with Crippen molar-refractivity contribution >= 4 is 13.3 Å². The van der Waals surface area contributed by atoms with Crippen LogP contribution in [0.1, 0.15) is 5.56 Å². The van der Waals surface area contributed by atoms with Crippen LogP contribution in [0.4, 0.5) is 0 Å². The van der Waals surface area contributed by atoms with E-state index in [0.717, 1.165) is 13.1 Å². The second-order valence-electron chi connectivity index (χ2n) is 4.91. The Morgan fingerprint density at radius 1 is 1.13 bits per heavy atom. The first-order valence-electron chi connectivity index (χ1n) is 5.54. The third-order valence-electron chi connectivity index (χ3n) is 2.47. The normalized spacial score (nSPS) is 11.7. The van der Waals surface area contributed by atoms with Crippen molar-refractivity contribution in [3.8, 4) is 0 Å². The Morgan fingerprint density at radius 2 is 1.73 bits per heavy atom. The molecule has 0 spiro atoms. The largest absolute Gasteiger partial charge is 0.329 e. The number of rotatable bonds is 5. The highest BCUT2D eigenvalue weighted by atomic mass is 28.3. The maximum atomic E-state index is 5.42. The van der Waals surface area contributed by atoms with Crippen LogP contribution >= 0.6 is 0 Å². The highest BCUT2D eigenvalue weighted by Gasteiger charge is 2.15. The summed E-state index contributed by atoms with van der Waals surface area (Å²) in [6.45, 7) is 9.62. The van der Waals surface area contributed by atoms with Crippen LogP contribution in [0, 0.1) is 0 Å². The van der Waals surface area contributed by atoms with Gasteiger partial charge in [0, 0.05) is 19.6 Å². The van der Waals surface area contributed by atoms with Gasteiger partial charge in [-0.1, -0.05) is 49.1 Å². The van der Waals surface area contributed by atoms with Gasteiger partial charge in [-0.3, -0.25) is 0 Å². The van der Waals surface area contributed by atoms with Gasteiger partial charge in [-0.05, 0) is 5.56 Å². The molecule has 3 N–H and O–H groups in total. The molecule has 0 radical (unpaired) electrons. The van der Waals surface area contributed by atoms with Gasteiger partial charge in [0.25, 0.3) is 0 Å². The first kappa shape index (κ1) is 12.4. The monoisotopic (exact) mass is 222 g/mol. The lowest BCUT2D eigenvalue weighted by Crippen LogP contribution is -2.37. The molecule has 0 saturated heterocycles. The Bertz CT molecular complexity index is 287. The fourth-order valence-corrected chi connectivity index (χ4v) is 2.62. The van der Waals surface area contributed by atoms with Crippen LogP contribution in [0.25, 0.3) is 0 Å². The van der Waals surface area contributed by atoms with E-state index >= 15 is 0 Å². The lowest BCUT2D eigenvalue weighted by Gasteiger charge is -2.16. The summed E-state index contributed by atoms with van der Waals surface area (Å²) in [5.41, 5.74) is 6.76. The second-order valence-corrected chi connectivity index (χ2v) is 9.99. The summed E-state index contributed by atoms with van der Waals surface area (Å²) in [4.78, 5) is 0. The number of hydrogen-bond donors (Lipinski definition) is 2. The molecule has 0 aliphatic carbocycles. The summed E-state index contributed by atoms with van der Waals surface area (Å²) in [6.07, 6.45) is 0. The molecule has 0 aliphatic rings. The molecule has 1 aromatic rings. The van der Waals surface area contributed by atoms with E-state index in [2.05, 4.69) is 49.2 Å². The Hall–Kier alpha value is -0.643. The van der Waals surface area contributed by atoms with Gasteiger partial charge in [-0.25, -0.2) is 0 Å². The molecule has 3 heteroatoms. The predicted octanol–water partition coefficient (Wildman–Crippen LogP) is 1.28. The van der Waals surface area contributed by atoms with Crippen LogP contribution in [0.15, 0.2) is 24.3 Å². The van der Waals surface area contributed by atoms with Crippen molar-refractivity contribution in [2.45, 2.75) is 26.2 Å². The summed E-state index contributed by atoms with van der Waals surface area (Å²) >= 11 is 0. The Morgan fingerprint density at radius 3 is 2.20 bits per heavy atom. The van der Waals surface area contributed by atoms with Gasteiger partial charge < -0.3 is 11.1 Å². The standard InChI is InChI=1S/C12H22N2Si/c1-15(2,3)12-6-4-11(5-7-12)10-14-9-8-13/h4-7,14H,8-10,13H2,1-3H3. The van der Waals surface area contributed by atoms with E-state index in [1.807, 2.05) is 0 Å². The summed E-state index contributed by atoms with van der Waals surface area (Å²) in [6, 6.07) is 8.98. The molecule has 0 aromatic heterocycles. The summed E-state index contributed by atoms with van der Waals surface area (Å²) in [5.74, 6) is 0. The fourth-order valence-electron chi connectivity index (χ4n) is 1.46. The number of nitrogens with one attached hydrogen (secondary N) is 1. The molecule has 0 bridgehead atoms. The van der Waals surface area contributed by atoms with Crippen molar-refractivity contribution in [2.75, 3.05) is 13.1 Å². The Labute approximate surface area is 93.9 Å². The second kappa shape index (κ2) is 5.44. The molecule has 0 fully saturated rings. The van der Waals surface area contributed by atoms with E-state index in [4.69, 9.17) is 5.73 Å². The van der Waals surface area contributed by atoms with Gasteiger partial charge in [0.15, 0.2) is 0 Å². The summed E-state index contributed by atoms with van der Waals surface area (Å²) < 4.78 is 0. The predicted molar refractivity (Wildman–Crippen MR) is 70.2 cm³/mol. The van der Waals surface area contributed by atoms with Crippen LogP contribution in [0.5, 0.6) is 0 Å². The third kappa shape index (κ3) is 4.16. The molecule has 0 atom stereocenters. The van der Waals surface area contributed by atoms with Gasteiger partial charge in [-0.2, -0.15) is 0 Å². The van der Waals surface area contributed by atoms with E-state index in [1.54, 1.807) is 0 Å². The molecule has 15 heavy (non-hydrogen) atoms. The average Bonchev–Trinajstić information content (AvgIpc) is 2.18. The Kier molecular flexibility index (Phi) is 4.51. The SMILES string of the molecule is C[Si](C)(C)c1ccc(CNCCN)cc1. The third-order valence-corrected chi connectivity index (χ3v) is 4.54. The van der Waals surface area contributed by atoms with Crippen molar-refractivity contribution < 1.29 is 0 Å². The van der Waals surface area contributed by atoms with Crippen molar-refractivity contribution in [2.24, 2.45) is 5.73 Å². The molecule has 0 unspecified atom stereocenters. The van der Waals surface area contributed by atoms with Gasteiger partial charge in [-0.15, -0.1) is 0 Å². The number of hydrogen-bond acceptors (Lipinski definition) is 2. The van der Waals surface area contributed by atoms with Crippen molar-refractivity contribution in [3.05, 3.63) is 29.8 Å². The van der Waals surface area contributed by atoms with Crippen LogP contribution in [0.2, 0.25) is 19.6 Å². The van der Waals surface area contributed by atoms with Crippen LogP contribution in [0.3, 0.4) is 0 Å². The maximum Gasteiger partial charge on any atom is 0.0775 e. The van der Waals surface area contributed by atoms with Crippen LogP contribution in [-0.4, -0.2) is 21.2 Å². The molecule has 0 amide bonds. The molecule has 0 heterocycles. The minimum atomic E-state index is -1.13. The molecule has 0 aliphatic heterocycles. The molecule has 84 valence electrons. The van der Waals surface area contributed by atoms with Crippen molar-refractivity contribution in [3.63, 3.8) is 0 Å². The lowest BCUT2D eigenvalue weighted by atomic mass is 10.2. The Balaban J connectivity index is 2.57. The molecule has 1 rings (SSSR count). The van der Waals surface area contributed by atoms with E-state index in [-0.39, 0.29) is 0 Å². The highest BCUT2D eigenvalue weighted by molar-refractivity contribution is 6.88. The molecule has 0 saturated carbocycles. The van der Waals surface area contributed by atoms with E-state index < -0.39 is 8.07 Å². The lowest BCUT2D eigenvalue weighted by molar-refractivity contribution is 0.695. The number of benzene rings is 1. The van der Waals surface area contributed by atoms with Crippen molar-refractivity contribution in [1.82, 2.24) is 5.32 Å². The molecule has 2 nitrogen and oxygen atoms in total. The highest BCUT2D eigenvalue weighted by Crippen LogP contribution is 2.04. The fraction of sp³-hybridized carbons (Fsp3) is 0.500. The maximum absolute atomic E-state index is 5.42. The molecular weight excluding hydrogens is 200 g/mol. The van der Waals surface area contributed by atoms with Gasteiger partial charge in [0.2, 0.25) is 0 Å². The van der Waals surface area contributed by atoms with Crippen LogP contribution in [-0.2, 0) is 6.54 Å².